The van der Waals surface area contributed by atoms with Crippen molar-refractivity contribution in [3.8, 4) is 5.75 Å². The van der Waals surface area contributed by atoms with Crippen LogP contribution in [0.1, 0.15) is 51.8 Å². The van der Waals surface area contributed by atoms with E-state index in [4.69, 9.17) is 4.74 Å². The summed E-state index contributed by atoms with van der Waals surface area (Å²) in [6.07, 6.45) is 1.87. The Morgan fingerprint density at radius 2 is 1.79 bits per heavy atom. The maximum absolute atomic E-state index is 5.51. The van der Waals surface area contributed by atoms with Gasteiger partial charge in [-0.25, -0.2) is 4.98 Å². The van der Waals surface area contributed by atoms with Crippen LogP contribution in [-0.4, -0.2) is 17.1 Å². The molecule has 1 heterocycles. The van der Waals surface area contributed by atoms with E-state index < -0.39 is 0 Å². The lowest BCUT2D eigenvalue weighted by molar-refractivity contribution is 0.398. The van der Waals surface area contributed by atoms with Gasteiger partial charge in [0.2, 0.25) is 0 Å². The summed E-state index contributed by atoms with van der Waals surface area (Å²) in [5.41, 5.74) is 4.02. The number of aromatic nitrogens is 2. The van der Waals surface area contributed by atoms with Gasteiger partial charge in [-0.1, -0.05) is 34.6 Å². The Morgan fingerprint density at radius 1 is 1.11 bits per heavy atom. The van der Waals surface area contributed by atoms with E-state index in [1.54, 1.807) is 7.11 Å². The maximum atomic E-state index is 5.51. The SMILES string of the molecule is COc1cc2nc(C(C)C)cnc2cc1C(C)(C)C. The molecule has 0 aliphatic carbocycles. The quantitative estimate of drug-likeness (QED) is 0.814. The molecule has 0 aliphatic rings. The van der Waals surface area contributed by atoms with E-state index in [1.807, 2.05) is 12.3 Å². The monoisotopic (exact) mass is 258 g/mol. The van der Waals surface area contributed by atoms with Crippen molar-refractivity contribution in [1.29, 1.82) is 0 Å². The lowest BCUT2D eigenvalue weighted by Crippen LogP contribution is -2.13. The van der Waals surface area contributed by atoms with Crippen LogP contribution in [0.5, 0.6) is 5.75 Å². The number of hydrogen-bond donors (Lipinski definition) is 0. The third-order valence-electron chi connectivity index (χ3n) is 3.28. The molecule has 2 rings (SSSR count). The average molecular weight is 258 g/mol. The molecule has 0 saturated carbocycles. The van der Waals surface area contributed by atoms with Crippen LogP contribution in [0.2, 0.25) is 0 Å². The summed E-state index contributed by atoms with van der Waals surface area (Å²) >= 11 is 0. The molecule has 1 aromatic carbocycles. The first-order valence-corrected chi connectivity index (χ1v) is 6.68. The van der Waals surface area contributed by atoms with E-state index >= 15 is 0 Å². The Kier molecular flexibility index (Phi) is 3.48. The van der Waals surface area contributed by atoms with Gasteiger partial charge in [0, 0.05) is 17.8 Å². The second-order valence-corrected chi connectivity index (χ2v) is 6.24. The molecule has 3 heteroatoms. The standard InChI is InChI=1S/C16H22N2O/c1-10(2)14-9-17-12-7-11(16(3,4)5)15(19-6)8-13(12)18-14/h7-10H,1-6H3. The normalized spacial score (nSPS) is 12.2. The van der Waals surface area contributed by atoms with Gasteiger partial charge in [0.1, 0.15) is 5.75 Å². The minimum absolute atomic E-state index is 0.0257. The number of nitrogens with zero attached hydrogens (tertiary/aromatic N) is 2. The van der Waals surface area contributed by atoms with Crippen molar-refractivity contribution >= 4 is 11.0 Å². The van der Waals surface area contributed by atoms with Gasteiger partial charge in [-0.3, -0.25) is 4.98 Å². The molecule has 0 N–H and O–H groups in total. The molecule has 0 radical (unpaired) electrons. The fourth-order valence-corrected chi connectivity index (χ4v) is 2.09. The second-order valence-electron chi connectivity index (χ2n) is 6.24. The Bertz CT molecular complexity index is 597. The van der Waals surface area contributed by atoms with E-state index in [9.17, 15) is 0 Å². The molecule has 0 fully saturated rings. The van der Waals surface area contributed by atoms with Gasteiger partial charge in [0.15, 0.2) is 0 Å². The molecular weight excluding hydrogens is 236 g/mol. The number of methoxy groups -OCH3 is 1. The molecule has 0 atom stereocenters. The van der Waals surface area contributed by atoms with E-state index in [2.05, 4.69) is 50.7 Å². The Balaban J connectivity index is 2.67. The molecule has 0 spiro atoms. The minimum Gasteiger partial charge on any atom is -0.496 e. The summed E-state index contributed by atoms with van der Waals surface area (Å²) in [6, 6.07) is 4.08. The van der Waals surface area contributed by atoms with Gasteiger partial charge < -0.3 is 4.74 Å². The van der Waals surface area contributed by atoms with Gasteiger partial charge >= 0.3 is 0 Å². The molecule has 19 heavy (non-hydrogen) atoms. The second kappa shape index (κ2) is 4.80. The highest BCUT2D eigenvalue weighted by molar-refractivity contribution is 5.78. The van der Waals surface area contributed by atoms with Crippen molar-refractivity contribution in [2.24, 2.45) is 0 Å². The topological polar surface area (TPSA) is 35.0 Å². The van der Waals surface area contributed by atoms with Crippen molar-refractivity contribution in [3.63, 3.8) is 0 Å². The molecule has 0 bridgehead atoms. The fourth-order valence-electron chi connectivity index (χ4n) is 2.09. The third kappa shape index (κ3) is 2.70. The van der Waals surface area contributed by atoms with Crippen molar-refractivity contribution in [2.75, 3.05) is 7.11 Å². The van der Waals surface area contributed by atoms with Gasteiger partial charge in [0.25, 0.3) is 0 Å². The van der Waals surface area contributed by atoms with E-state index in [0.29, 0.717) is 5.92 Å². The zero-order chi connectivity index (χ0) is 14.2. The molecule has 3 nitrogen and oxygen atoms in total. The van der Waals surface area contributed by atoms with Crippen LogP contribution in [0.3, 0.4) is 0 Å². The number of ether oxygens (including phenoxy) is 1. The van der Waals surface area contributed by atoms with Crippen LogP contribution < -0.4 is 4.74 Å². The highest BCUT2D eigenvalue weighted by Crippen LogP contribution is 2.34. The lowest BCUT2D eigenvalue weighted by Gasteiger charge is -2.22. The Labute approximate surface area is 115 Å². The fraction of sp³-hybridized carbons (Fsp3) is 0.500. The van der Waals surface area contributed by atoms with Crippen molar-refractivity contribution in [3.05, 3.63) is 29.6 Å². The molecule has 0 saturated heterocycles. The Hall–Kier alpha value is -1.64. The zero-order valence-corrected chi connectivity index (χ0v) is 12.6. The predicted molar refractivity (Wildman–Crippen MR) is 78.9 cm³/mol. The van der Waals surface area contributed by atoms with Gasteiger partial charge in [-0.15, -0.1) is 0 Å². The molecule has 0 unspecified atom stereocenters. The number of benzene rings is 1. The van der Waals surface area contributed by atoms with Crippen molar-refractivity contribution in [1.82, 2.24) is 9.97 Å². The highest BCUT2D eigenvalue weighted by atomic mass is 16.5. The highest BCUT2D eigenvalue weighted by Gasteiger charge is 2.20. The van der Waals surface area contributed by atoms with Gasteiger partial charge in [-0.2, -0.15) is 0 Å². The average Bonchev–Trinajstić information content (AvgIpc) is 2.35. The summed E-state index contributed by atoms with van der Waals surface area (Å²) in [6.45, 7) is 10.8. The molecule has 1 aromatic heterocycles. The van der Waals surface area contributed by atoms with E-state index in [0.717, 1.165) is 28.0 Å². The summed E-state index contributed by atoms with van der Waals surface area (Å²) < 4.78 is 5.51. The lowest BCUT2D eigenvalue weighted by atomic mass is 9.86. The predicted octanol–water partition coefficient (Wildman–Crippen LogP) is 4.06. The summed E-state index contributed by atoms with van der Waals surface area (Å²) in [4.78, 5) is 9.20. The maximum Gasteiger partial charge on any atom is 0.124 e. The summed E-state index contributed by atoms with van der Waals surface area (Å²) in [5.74, 6) is 1.26. The third-order valence-corrected chi connectivity index (χ3v) is 3.28. The number of fused-ring (bicyclic) bond motifs is 1. The van der Waals surface area contributed by atoms with Crippen molar-refractivity contribution < 1.29 is 4.74 Å². The van der Waals surface area contributed by atoms with Crippen molar-refractivity contribution in [2.45, 2.75) is 46.0 Å². The molecule has 0 aliphatic heterocycles. The zero-order valence-electron chi connectivity index (χ0n) is 12.6. The van der Waals surface area contributed by atoms with Crippen LogP contribution >= 0.6 is 0 Å². The van der Waals surface area contributed by atoms with E-state index in [-0.39, 0.29) is 5.41 Å². The smallest absolute Gasteiger partial charge is 0.124 e. The van der Waals surface area contributed by atoms with Crippen LogP contribution in [0.4, 0.5) is 0 Å². The first-order valence-electron chi connectivity index (χ1n) is 6.68. The summed E-state index contributed by atoms with van der Waals surface area (Å²) in [7, 11) is 1.70. The van der Waals surface area contributed by atoms with Crippen LogP contribution in [0, 0.1) is 0 Å². The summed E-state index contributed by atoms with van der Waals surface area (Å²) in [5, 5.41) is 0. The first-order chi connectivity index (χ1) is 8.82. The number of rotatable bonds is 2. The van der Waals surface area contributed by atoms with Crippen LogP contribution in [-0.2, 0) is 5.41 Å². The Morgan fingerprint density at radius 3 is 2.32 bits per heavy atom. The van der Waals surface area contributed by atoms with Crippen LogP contribution in [0.15, 0.2) is 18.3 Å². The molecule has 102 valence electrons. The molecular formula is C16H22N2O. The van der Waals surface area contributed by atoms with Crippen LogP contribution in [0.25, 0.3) is 11.0 Å². The molecule has 2 aromatic rings. The first kappa shape index (κ1) is 13.8. The molecule has 0 amide bonds. The largest absolute Gasteiger partial charge is 0.496 e. The minimum atomic E-state index is 0.0257. The van der Waals surface area contributed by atoms with Gasteiger partial charge in [0.05, 0.1) is 23.8 Å². The number of hydrogen-bond acceptors (Lipinski definition) is 3. The van der Waals surface area contributed by atoms with E-state index in [1.165, 1.54) is 0 Å². The van der Waals surface area contributed by atoms with Gasteiger partial charge in [-0.05, 0) is 17.4 Å².